The van der Waals surface area contributed by atoms with Gasteiger partial charge in [-0.2, -0.15) is 0 Å². The van der Waals surface area contributed by atoms with E-state index in [9.17, 15) is 9.59 Å². The van der Waals surface area contributed by atoms with Crippen LogP contribution in [-0.4, -0.2) is 35.8 Å². The van der Waals surface area contributed by atoms with Gasteiger partial charge in [-0.15, -0.1) is 0 Å². The van der Waals surface area contributed by atoms with Gasteiger partial charge in [0.05, 0.1) is 5.92 Å². The van der Waals surface area contributed by atoms with Crippen molar-refractivity contribution in [3.05, 3.63) is 34.9 Å². The molecule has 1 saturated carbocycles. The Bertz CT molecular complexity index is 584. The molecule has 1 N–H and O–H groups in total. The highest BCUT2D eigenvalue weighted by molar-refractivity contribution is 6.30. The average Bonchev–Trinajstić information content (AvgIpc) is 3.07. The third-order valence-corrected chi connectivity index (χ3v) is 5.09. The molecule has 0 radical (unpaired) electrons. The van der Waals surface area contributed by atoms with Crippen LogP contribution in [0.25, 0.3) is 0 Å². The van der Waals surface area contributed by atoms with E-state index in [-0.39, 0.29) is 17.7 Å². The van der Waals surface area contributed by atoms with Crippen molar-refractivity contribution in [2.45, 2.75) is 44.6 Å². The lowest BCUT2D eigenvalue weighted by molar-refractivity contribution is -0.127. The van der Waals surface area contributed by atoms with Crippen LogP contribution in [0.3, 0.4) is 0 Å². The predicted molar refractivity (Wildman–Crippen MR) is 90.5 cm³/mol. The Morgan fingerprint density at radius 2 is 1.91 bits per heavy atom. The van der Waals surface area contributed by atoms with Crippen LogP contribution >= 0.6 is 11.6 Å². The van der Waals surface area contributed by atoms with Gasteiger partial charge >= 0.3 is 0 Å². The Labute approximate surface area is 142 Å². The molecule has 3 rings (SSSR count). The molecule has 1 atom stereocenters. The summed E-state index contributed by atoms with van der Waals surface area (Å²) in [5.74, 6) is -0.0150. The molecule has 1 saturated heterocycles. The first-order chi connectivity index (χ1) is 11.1. The SMILES string of the molecule is O=C(NC1CCCC1)[C@H]1CCCN(C(=O)c2cccc(Cl)c2)C1. The second-order valence-electron chi connectivity index (χ2n) is 6.59. The summed E-state index contributed by atoms with van der Waals surface area (Å²) in [6.45, 7) is 1.21. The van der Waals surface area contributed by atoms with Crippen molar-refractivity contribution in [2.24, 2.45) is 5.92 Å². The average molecular weight is 335 g/mol. The number of piperidine rings is 1. The smallest absolute Gasteiger partial charge is 0.253 e. The molecule has 0 spiro atoms. The third kappa shape index (κ3) is 4.05. The van der Waals surface area contributed by atoms with E-state index in [1.54, 1.807) is 29.2 Å². The van der Waals surface area contributed by atoms with Crippen molar-refractivity contribution in [1.82, 2.24) is 10.2 Å². The molecule has 1 aromatic rings. The monoisotopic (exact) mass is 334 g/mol. The number of hydrogen-bond donors (Lipinski definition) is 1. The number of amides is 2. The van der Waals surface area contributed by atoms with Crippen molar-refractivity contribution < 1.29 is 9.59 Å². The molecule has 2 aliphatic rings. The van der Waals surface area contributed by atoms with Crippen LogP contribution in [0, 0.1) is 5.92 Å². The van der Waals surface area contributed by atoms with E-state index in [0.29, 0.717) is 29.7 Å². The molecule has 1 heterocycles. The van der Waals surface area contributed by atoms with Gasteiger partial charge in [-0.25, -0.2) is 0 Å². The molecule has 1 aliphatic heterocycles. The predicted octanol–water partition coefficient (Wildman–Crippen LogP) is 3.25. The lowest BCUT2D eigenvalue weighted by Crippen LogP contribution is -2.47. The van der Waals surface area contributed by atoms with Crippen molar-refractivity contribution >= 4 is 23.4 Å². The maximum absolute atomic E-state index is 12.6. The minimum absolute atomic E-state index is 0.0362. The Kier molecular flexibility index (Phi) is 5.21. The Morgan fingerprint density at radius 1 is 1.13 bits per heavy atom. The fourth-order valence-corrected chi connectivity index (χ4v) is 3.76. The fourth-order valence-electron chi connectivity index (χ4n) is 3.57. The maximum atomic E-state index is 12.6. The van der Waals surface area contributed by atoms with Gasteiger partial charge in [0.25, 0.3) is 5.91 Å². The van der Waals surface area contributed by atoms with Crippen LogP contribution in [0.1, 0.15) is 48.9 Å². The second-order valence-corrected chi connectivity index (χ2v) is 7.03. The first-order valence-corrected chi connectivity index (χ1v) is 8.86. The normalized spacial score (nSPS) is 22.1. The zero-order valence-electron chi connectivity index (χ0n) is 13.3. The largest absolute Gasteiger partial charge is 0.353 e. The van der Waals surface area contributed by atoms with E-state index in [1.807, 2.05) is 0 Å². The van der Waals surface area contributed by atoms with Crippen LogP contribution in [0.15, 0.2) is 24.3 Å². The number of carbonyl (C=O) groups is 2. The molecule has 0 bridgehead atoms. The summed E-state index contributed by atoms with van der Waals surface area (Å²) >= 11 is 5.97. The molecule has 0 unspecified atom stereocenters. The summed E-state index contributed by atoms with van der Waals surface area (Å²) in [7, 11) is 0. The molecule has 1 aliphatic carbocycles. The summed E-state index contributed by atoms with van der Waals surface area (Å²) in [4.78, 5) is 26.8. The maximum Gasteiger partial charge on any atom is 0.253 e. The minimum Gasteiger partial charge on any atom is -0.353 e. The highest BCUT2D eigenvalue weighted by atomic mass is 35.5. The number of hydrogen-bond acceptors (Lipinski definition) is 2. The van der Waals surface area contributed by atoms with Gasteiger partial charge in [0.2, 0.25) is 5.91 Å². The Morgan fingerprint density at radius 3 is 2.65 bits per heavy atom. The van der Waals surface area contributed by atoms with Crippen LogP contribution in [-0.2, 0) is 4.79 Å². The number of halogens is 1. The molecule has 124 valence electrons. The molecular weight excluding hydrogens is 312 g/mol. The second kappa shape index (κ2) is 7.35. The molecular formula is C18H23ClN2O2. The van der Waals surface area contributed by atoms with Crippen LogP contribution in [0.5, 0.6) is 0 Å². The van der Waals surface area contributed by atoms with Crippen LogP contribution < -0.4 is 5.32 Å². The highest BCUT2D eigenvalue weighted by Gasteiger charge is 2.30. The van der Waals surface area contributed by atoms with Gasteiger partial charge in [0, 0.05) is 29.7 Å². The summed E-state index contributed by atoms with van der Waals surface area (Å²) in [5, 5.41) is 3.72. The van der Waals surface area contributed by atoms with E-state index in [1.165, 1.54) is 12.8 Å². The molecule has 4 nitrogen and oxygen atoms in total. The van der Waals surface area contributed by atoms with Crippen molar-refractivity contribution in [3.63, 3.8) is 0 Å². The van der Waals surface area contributed by atoms with Gasteiger partial charge in [0.1, 0.15) is 0 Å². The van der Waals surface area contributed by atoms with Crippen molar-refractivity contribution in [1.29, 1.82) is 0 Å². The van der Waals surface area contributed by atoms with Crippen molar-refractivity contribution in [2.75, 3.05) is 13.1 Å². The summed E-state index contributed by atoms with van der Waals surface area (Å²) in [6.07, 6.45) is 6.31. The quantitative estimate of drug-likeness (QED) is 0.922. The molecule has 23 heavy (non-hydrogen) atoms. The Balaban J connectivity index is 1.61. The standard InChI is InChI=1S/C18H23ClN2O2/c19-15-7-3-5-13(11-15)18(23)21-10-4-6-14(12-21)17(22)20-16-8-1-2-9-16/h3,5,7,11,14,16H,1-2,4,6,8-10,12H2,(H,20,22)/t14-/m0/s1. The number of nitrogens with zero attached hydrogens (tertiary/aromatic N) is 1. The summed E-state index contributed by atoms with van der Waals surface area (Å²) < 4.78 is 0. The third-order valence-electron chi connectivity index (χ3n) is 4.85. The lowest BCUT2D eigenvalue weighted by Gasteiger charge is -2.32. The molecule has 5 heteroatoms. The number of rotatable bonds is 3. The fraction of sp³-hybridized carbons (Fsp3) is 0.556. The Hall–Kier alpha value is -1.55. The molecule has 1 aromatic carbocycles. The van der Waals surface area contributed by atoms with E-state index >= 15 is 0 Å². The van der Waals surface area contributed by atoms with Gasteiger partial charge in [-0.05, 0) is 43.9 Å². The highest BCUT2D eigenvalue weighted by Crippen LogP contribution is 2.22. The minimum atomic E-state index is -0.0903. The molecule has 2 fully saturated rings. The lowest BCUT2D eigenvalue weighted by atomic mass is 9.96. The van der Waals surface area contributed by atoms with Crippen LogP contribution in [0.4, 0.5) is 0 Å². The van der Waals surface area contributed by atoms with Gasteiger partial charge < -0.3 is 10.2 Å². The van der Waals surface area contributed by atoms with Crippen molar-refractivity contribution in [3.8, 4) is 0 Å². The van der Waals surface area contributed by atoms with Gasteiger partial charge in [-0.3, -0.25) is 9.59 Å². The number of nitrogens with one attached hydrogen (secondary N) is 1. The molecule has 2 amide bonds. The number of carbonyl (C=O) groups excluding carboxylic acids is 2. The zero-order valence-corrected chi connectivity index (χ0v) is 14.0. The number of benzene rings is 1. The summed E-state index contributed by atoms with van der Waals surface area (Å²) in [6, 6.07) is 7.33. The first-order valence-electron chi connectivity index (χ1n) is 8.49. The summed E-state index contributed by atoms with van der Waals surface area (Å²) in [5.41, 5.74) is 0.592. The van der Waals surface area contributed by atoms with E-state index in [2.05, 4.69) is 5.32 Å². The van der Waals surface area contributed by atoms with Crippen LogP contribution in [0.2, 0.25) is 5.02 Å². The number of likely N-dealkylation sites (tertiary alicyclic amines) is 1. The van der Waals surface area contributed by atoms with E-state index < -0.39 is 0 Å². The first kappa shape index (κ1) is 16.3. The zero-order chi connectivity index (χ0) is 16.2. The van der Waals surface area contributed by atoms with E-state index in [0.717, 1.165) is 25.7 Å². The van der Waals surface area contributed by atoms with Gasteiger partial charge in [0.15, 0.2) is 0 Å². The topological polar surface area (TPSA) is 49.4 Å². The molecule has 0 aromatic heterocycles. The van der Waals surface area contributed by atoms with Gasteiger partial charge in [-0.1, -0.05) is 30.5 Å². The van der Waals surface area contributed by atoms with E-state index in [4.69, 9.17) is 11.6 Å².